The van der Waals surface area contributed by atoms with Crippen LogP contribution in [0.15, 0.2) is 273 Å². The zero-order chi connectivity index (χ0) is 73.9. The Hall–Kier alpha value is -12.0. The predicted molar refractivity (Wildman–Crippen MR) is 371 cm³/mol. The van der Waals surface area contributed by atoms with Crippen LogP contribution >= 0.6 is 0 Å². The fraction of sp³-hybridized carbons (Fsp3) is 0.232. The summed E-state index contributed by atoms with van der Waals surface area (Å²) in [4.78, 5) is 132. The summed E-state index contributed by atoms with van der Waals surface area (Å²) in [6, 6.07) is 69.3. The SMILES string of the molecule is COC1OC(C)C(OC(=O)c2ccccc2)C(OC2OC(COC(=O)c3ccccc3)C(OC(=O)c3ccccc3)C(OC(=O)c3ccccc3)C2OC(=O)c2ccccc2)C1OC1OC(COC(=O)c2ccccc2)C(OC(=O)c2ccccc2)C(OC(=O)c2ccccc2)C1OC(=O)c1ccccc1. The number of carbonyl (C=O) groups excluding carboxylic acids is 9. The minimum atomic E-state index is -2.17. The van der Waals surface area contributed by atoms with E-state index in [1.807, 2.05) is 0 Å². The molecule has 12 rings (SSSR count). The van der Waals surface area contributed by atoms with Crippen LogP contribution in [0.4, 0.5) is 0 Å². The van der Waals surface area contributed by atoms with Gasteiger partial charge in [0.1, 0.15) is 37.6 Å². The summed E-state index contributed by atoms with van der Waals surface area (Å²) in [7, 11) is 1.22. The smallest absolute Gasteiger partial charge is 0.338 e. The summed E-state index contributed by atoms with van der Waals surface area (Å²) in [5, 5.41) is 0. The Bertz CT molecular complexity index is 4430. The second-order valence-corrected chi connectivity index (χ2v) is 24.3. The summed E-state index contributed by atoms with van der Waals surface area (Å²) < 4.78 is 97.7. The lowest BCUT2D eigenvalue weighted by atomic mass is 9.95. The second kappa shape index (κ2) is 35.4. The molecule has 3 fully saturated rings. The molecule has 9 aromatic rings. The maximum absolute atomic E-state index is 15.0. The highest BCUT2D eigenvalue weighted by Crippen LogP contribution is 2.40. The van der Waals surface area contributed by atoms with Gasteiger partial charge < -0.3 is 71.1 Å². The van der Waals surface area contributed by atoms with E-state index in [1.165, 1.54) is 123 Å². The molecule has 0 amide bonds. The van der Waals surface area contributed by atoms with E-state index in [0.717, 1.165) is 0 Å². The van der Waals surface area contributed by atoms with Crippen LogP contribution < -0.4 is 0 Å². The van der Waals surface area contributed by atoms with Crippen molar-refractivity contribution in [3.05, 3.63) is 323 Å². The monoisotopic (exact) mass is 1440 g/mol. The Morgan fingerprint density at radius 1 is 0.245 bits per heavy atom. The van der Waals surface area contributed by atoms with E-state index < -0.39 is 159 Å². The van der Waals surface area contributed by atoms with Gasteiger partial charge in [-0.05, 0) is 116 Å². The van der Waals surface area contributed by atoms with Crippen LogP contribution in [-0.2, 0) is 71.1 Å². The van der Waals surface area contributed by atoms with Crippen molar-refractivity contribution in [2.75, 3.05) is 20.3 Å². The van der Waals surface area contributed by atoms with Crippen LogP contribution in [0.25, 0.3) is 0 Å². The molecule has 0 spiro atoms. The van der Waals surface area contributed by atoms with Gasteiger partial charge in [0.25, 0.3) is 0 Å². The van der Waals surface area contributed by atoms with Crippen LogP contribution in [0.2, 0.25) is 0 Å². The number of ether oxygens (including phenoxy) is 15. The molecule has 3 aliphatic heterocycles. The van der Waals surface area contributed by atoms with E-state index in [0.29, 0.717) is 0 Å². The quantitative estimate of drug-likeness (QED) is 0.0379. The first-order chi connectivity index (χ1) is 51.7. The Balaban J connectivity index is 1.03. The number of esters is 9. The van der Waals surface area contributed by atoms with E-state index in [9.17, 15) is 43.2 Å². The molecular weight excluding hydrogens is 1370 g/mol. The van der Waals surface area contributed by atoms with Gasteiger partial charge in [0.2, 0.25) is 0 Å². The van der Waals surface area contributed by atoms with E-state index in [4.69, 9.17) is 71.1 Å². The van der Waals surface area contributed by atoms with Crippen molar-refractivity contribution < 1.29 is 114 Å². The average Bonchev–Trinajstić information content (AvgIpc) is 0.496. The van der Waals surface area contributed by atoms with Crippen molar-refractivity contribution in [1.29, 1.82) is 0 Å². The van der Waals surface area contributed by atoms with Gasteiger partial charge in [-0.2, -0.15) is 0 Å². The maximum Gasteiger partial charge on any atom is 0.338 e. The molecule has 0 bridgehead atoms. The first-order valence-electron chi connectivity index (χ1n) is 33.7. The third kappa shape index (κ3) is 18.3. The first-order valence-corrected chi connectivity index (χ1v) is 33.7. The zero-order valence-corrected chi connectivity index (χ0v) is 56.9. The molecule has 9 aromatic carbocycles. The molecule has 3 saturated heterocycles. The summed E-state index contributed by atoms with van der Waals surface area (Å²) in [6.07, 6.45) is -28.4. The number of methoxy groups -OCH3 is 1. The Kier molecular flexibility index (Phi) is 24.6. The lowest BCUT2D eigenvalue weighted by Crippen LogP contribution is -2.68. The summed E-state index contributed by atoms with van der Waals surface area (Å²) in [6.45, 7) is -0.118. The molecule has 15 unspecified atom stereocenters. The first kappa shape index (κ1) is 73.7. The van der Waals surface area contributed by atoms with Gasteiger partial charge in [0.15, 0.2) is 61.6 Å². The van der Waals surface area contributed by atoms with E-state index >= 15 is 0 Å². The molecule has 0 aromatic heterocycles. The van der Waals surface area contributed by atoms with Crippen LogP contribution in [0, 0.1) is 0 Å². The van der Waals surface area contributed by atoms with E-state index in [2.05, 4.69) is 0 Å². The summed E-state index contributed by atoms with van der Waals surface area (Å²) in [5.74, 6) is -8.97. The Morgan fingerprint density at radius 2 is 0.462 bits per heavy atom. The fourth-order valence-electron chi connectivity index (χ4n) is 12.0. The van der Waals surface area contributed by atoms with Gasteiger partial charge in [-0.25, -0.2) is 43.2 Å². The molecular formula is C82H70O24. The van der Waals surface area contributed by atoms with Crippen LogP contribution in [0.3, 0.4) is 0 Å². The molecule has 0 saturated carbocycles. The molecule has 106 heavy (non-hydrogen) atoms. The lowest BCUT2D eigenvalue weighted by Gasteiger charge is -2.50. The van der Waals surface area contributed by atoms with Gasteiger partial charge in [-0.1, -0.05) is 164 Å². The van der Waals surface area contributed by atoms with Crippen LogP contribution in [0.1, 0.15) is 100 Å². The highest BCUT2D eigenvalue weighted by molar-refractivity contribution is 5.94. The third-order valence-corrected chi connectivity index (χ3v) is 17.3. The maximum atomic E-state index is 15.0. The number of hydrogen-bond acceptors (Lipinski definition) is 24. The topological polar surface area (TPSA) is 292 Å². The average molecular weight is 1440 g/mol. The molecule has 0 aliphatic carbocycles. The molecule has 0 radical (unpaired) electrons. The van der Waals surface area contributed by atoms with Crippen molar-refractivity contribution in [3.63, 3.8) is 0 Å². The molecule has 3 aliphatic rings. The summed E-state index contributed by atoms with van der Waals surface area (Å²) in [5.41, 5.74) is 0.0485. The zero-order valence-electron chi connectivity index (χ0n) is 56.9. The lowest BCUT2D eigenvalue weighted by molar-refractivity contribution is -0.385. The van der Waals surface area contributed by atoms with Gasteiger partial charge in [0, 0.05) is 7.11 Å². The normalized spacial score (nSPS) is 23.9. The minimum absolute atomic E-state index is 0.00348. The van der Waals surface area contributed by atoms with E-state index in [-0.39, 0.29) is 50.1 Å². The van der Waals surface area contributed by atoms with Crippen LogP contribution in [0.5, 0.6) is 0 Å². The largest absolute Gasteiger partial charge is 0.459 e. The third-order valence-electron chi connectivity index (χ3n) is 17.3. The van der Waals surface area contributed by atoms with Crippen molar-refractivity contribution in [2.45, 2.75) is 99.0 Å². The van der Waals surface area contributed by atoms with Crippen molar-refractivity contribution in [2.24, 2.45) is 0 Å². The van der Waals surface area contributed by atoms with Crippen molar-refractivity contribution in [1.82, 2.24) is 0 Å². The van der Waals surface area contributed by atoms with Gasteiger partial charge in [0.05, 0.1) is 56.2 Å². The highest BCUT2D eigenvalue weighted by atomic mass is 16.8. The predicted octanol–water partition coefficient (Wildman–Crippen LogP) is 10.9. The van der Waals surface area contributed by atoms with Gasteiger partial charge >= 0.3 is 53.7 Å². The van der Waals surface area contributed by atoms with Gasteiger partial charge in [-0.15, -0.1) is 0 Å². The van der Waals surface area contributed by atoms with Crippen molar-refractivity contribution in [3.8, 4) is 0 Å². The Labute approximate surface area is 607 Å². The number of carbonyl (C=O) groups is 9. The fourth-order valence-corrected chi connectivity index (χ4v) is 12.0. The Morgan fingerprint density at radius 3 is 0.717 bits per heavy atom. The van der Waals surface area contributed by atoms with E-state index in [1.54, 1.807) is 164 Å². The number of hydrogen-bond donors (Lipinski definition) is 0. The molecule has 0 N–H and O–H groups in total. The van der Waals surface area contributed by atoms with Crippen molar-refractivity contribution >= 4 is 53.7 Å². The standard InChI is InChI=1S/C82H70O24/c1-50-62(98-73(85)53-34-16-5-17-35-53)65(105-81-69(103-78(90)58-44-26-10-27-45-58)66(101-76(88)56-40-22-8-23-41-56)63(99-74(86)54-36-18-6-19-37-54)60(96-81)48-93-71(83)51-30-12-3-13-31-51)68(80(92-2)95-50)106-82-70(104-79(91)59-46-28-11-29-47-59)67(102-77(89)57-42-24-9-25-43-57)64(100-75(87)55-38-20-7-21-39-55)61(97-82)49-94-72(84)52-32-14-4-15-33-52/h3-47,50,60-70,80-82H,48-49H2,1-2H3. The molecule has 24 heteroatoms. The molecule has 542 valence electrons. The minimum Gasteiger partial charge on any atom is -0.459 e. The molecule has 24 nitrogen and oxygen atoms in total. The second-order valence-electron chi connectivity index (χ2n) is 24.3. The van der Waals surface area contributed by atoms with Gasteiger partial charge in [-0.3, -0.25) is 0 Å². The summed E-state index contributed by atoms with van der Waals surface area (Å²) >= 11 is 0. The molecule has 15 atom stereocenters. The van der Waals surface area contributed by atoms with Crippen LogP contribution in [-0.4, -0.2) is 166 Å². The number of rotatable bonds is 25. The number of benzene rings is 9. The highest BCUT2D eigenvalue weighted by Gasteiger charge is 2.60. The molecule has 3 heterocycles.